The van der Waals surface area contributed by atoms with Gasteiger partial charge in [0.25, 0.3) is 5.91 Å². The SMILES string of the molecule is CN(Cc1ccc(OCC(=O)N2CCOCC2)cc1)C[C@@]1(O)CCN(c2ncccn2)C1. The minimum absolute atomic E-state index is 0.0168. The molecule has 32 heavy (non-hydrogen) atoms. The average Bonchev–Trinajstić information content (AvgIpc) is 3.21. The summed E-state index contributed by atoms with van der Waals surface area (Å²) in [7, 11) is 2.01. The van der Waals surface area contributed by atoms with Gasteiger partial charge in [-0.2, -0.15) is 0 Å². The van der Waals surface area contributed by atoms with Crippen molar-refractivity contribution in [1.29, 1.82) is 0 Å². The number of benzene rings is 1. The van der Waals surface area contributed by atoms with Gasteiger partial charge in [0.15, 0.2) is 6.61 Å². The third kappa shape index (κ3) is 5.93. The number of rotatable bonds is 8. The Morgan fingerprint density at radius 1 is 1.19 bits per heavy atom. The Bertz CT molecular complexity index is 876. The summed E-state index contributed by atoms with van der Waals surface area (Å²) < 4.78 is 10.9. The van der Waals surface area contributed by atoms with Gasteiger partial charge in [0.2, 0.25) is 5.95 Å². The number of hydrogen-bond acceptors (Lipinski definition) is 8. The Morgan fingerprint density at radius 2 is 1.91 bits per heavy atom. The van der Waals surface area contributed by atoms with Crippen molar-refractivity contribution in [3.63, 3.8) is 0 Å². The first-order valence-corrected chi connectivity index (χ1v) is 11.0. The van der Waals surface area contributed by atoms with Gasteiger partial charge in [-0.1, -0.05) is 12.1 Å². The van der Waals surface area contributed by atoms with Crippen LogP contribution < -0.4 is 9.64 Å². The highest BCUT2D eigenvalue weighted by Crippen LogP contribution is 2.25. The molecule has 0 unspecified atom stereocenters. The van der Waals surface area contributed by atoms with Crippen molar-refractivity contribution in [3.8, 4) is 5.75 Å². The minimum Gasteiger partial charge on any atom is -0.484 e. The van der Waals surface area contributed by atoms with Crippen LogP contribution in [0.3, 0.4) is 0 Å². The molecule has 9 heteroatoms. The van der Waals surface area contributed by atoms with Crippen molar-refractivity contribution in [3.05, 3.63) is 48.3 Å². The highest BCUT2D eigenvalue weighted by molar-refractivity contribution is 5.77. The molecule has 4 rings (SSSR count). The maximum Gasteiger partial charge on any atom is 0.260 e. The normalized spacial score (nSPS) is 21.2. The molecule has 1 N–H and O–H groups in total. The van der Waals surface area contributed by atoms with Crippen molar-refractivity contribution in [2.24, 2.45) is 0 Å². The summed E-state index contributed by atoms with van der Waals surface area (Å²) in [5.41, 5.74) is 0.320. The Hall–Kier alpha value is -2.75. The largest absolute Gasteiger partial charge is 0.484 e. The number of morpholine rings is 1. The summed E-state index contributed by atoms with van der Waals surface area (Å²) in [5.74, 6) is 1.32. The van der Waals surface area contributed by atoms with E-state index in [1.54, 1.807) is 23.4 Å². The number of β-amino-alcohol motifs (C(OH)–C–C–N with tert-alkyl or cyclic N) is 1. The van der Waals surface area contributed by atoms with Crippen molar-refractivity contribution >= 4 is 11.9 Å². The van der Waals surface area contributed by atoms with E-state index in [0.29, 0.717) is 64.1 Å². The van der Waals surface area contributed by atoms with E-state index in [0.717, 1.165) is 12.1 Å². The van der Waals surface area contributed by atoms with E-state index < -0.39 is 5.60 Å². The Kier molecular flexibility index (Phi) is 7.19. The zero-order valence-electron chi connectivity index (χ0n) is 18.5. The van der Waals surface area contributed by atoms with Gasteiger partial charge in [-0.15, -0.1) is 0 Å². The Balaban J connectivity index is 1.23. The highest BCUT2D eigenvalue weighted by Gasteiger charge is 2.38. The summed E-state index contributed by atoms with van der Waals surface area (Å²) >= 11 is 0. The maximum atomic E-state index is 12.2. The molecule has 0 radical (unpaired) electrons. The molecule has 2 aliphatic rings. The molecule has 172 valence electrons. The first kappa shape index (κ1) is 22.4. The van der Waals surface area contributed by atoms with E-state index in [-0.39, 0.29) is 12.5 Å². The molecular formula is C23H31N5O4. The lowest BCUT2D eigenvalue weighted by molar-refractivity contribution is -0.137. The number of anilines is 1. The predicted molar refractivity (Wildman–Crippen MR) is 119 cm³/mol. The fourth-order valence-electron chi connectivity index (χ4n) is 4.22. The number of likely N-dealkylation sites (N-methyl/N-ethyl adjacent to an activating group) is 1. The molecule has 1 atom stereocenters. The summed E-state index contributed by atoms with van der Waals surface area (Å²) in [4.78, 5) is 26.7. The molecule has 2 fully saturated rings. The highest BCUT2D eigenvalue weighted by atomic mass is 16.5. The fourth-order valence-corrected chi connectivity index (χ4v) is 4.22. The fraction of sp³-hybridized carbons (Fsp3) is 0.522. The predicted octanol–water partition coefficient (Wildman–Crippen LogP) is 0.787. The molecule has 3 heterocycles. The number of ether oxygens (including phenoxy) is 2. The first-order chi connectivity index (χ1) is 15.5. The number of aromatic nitrogens is 2. The van der Waals surface area contributed by atoms with Crippen LogP contribution in [0.4, 0.5) is 5.95 Å². The first-order valence-electron chi connectivity index (χ1n) is 11.0. The van der Waals surface area contributed by atoms with Crippen LogP contribution in [-0.4, -0.2) is 96.0 Å². The number of nitrogens with zero attached hydrogens (tertiary/aromatic N) is 5. The Labute approximate surface area is 188 Å². The van der Waals surface area contributed by atoms with Crippen LogP contribution in [0.2, 0.25) is 0 Å². The van der Waals surface area contributed by atoms with Gasteiger partial charge >= 0.3 is 0 Å². The molecule has 1 aromatic carbocycles. The summed E-state index contributed by atoms with van der Waals surface area (Å²) in [6.45, 7) is 4.97. The molecule has 0 bridgehead atoms. The van der Waals surface area contributed by atoms with Crippen LogP contribution in [-0.2, 0) is 16.1 Å². The lowest BCUT2D eigenvalue weighted by atomic mass is 10.0. The van der Waals surface area contributed by atoms with E-state index in [9.17, 15) is 9.90 Å². The van der Waals surface area contributed by atoms with Crippen molar-refractivity contribution in [2.75, 3.05) is 64.5 Å². The van der Waals surface area contributed by atoms with Gasteiger partial charge < -0.3 is 24.4 Å². The quantitative estimate of drug-likeness (QED) is 0.643. The van der Waals surface area contributed by atoms with Crippen molar-refractivity contribution in [1.82, 2.24) is 19.8 Å². The standard InChI is InChI=1S/C23H31N5O4/c1-26(17-23(30)7-10-28(18-23)22-24-8-2-9-25-22)15-19-3-5-20(6-4-19)32-16-21(29)27-11-13-31-14-12-27/h2-6,8-9,30H,7,10-18H2,1H3/t23-/m0/s1. The number of amides is 1. The van der Waals surface area contributed by atoms with E-state index in [1.165, 1.54) is 0 Å². The van der Waals surface area contributed by atoms with E-state index in [4.69, 9.17) is 9.47 Å². The molecule has 9 nitrogen and oxygen atoms in total. The van der Waals surface area contributed by atoms with Gasteiger partial charge in [-0.3, -0.25) is 9.69 Å². The molecule has 0 spiro atoms. The molecule has 1 amide bonds. The molecular weight excluding hydrogens is 410 g/mol. The number of hydrogen-bond donors (Lipinski definition) is 1. The van der Waals surface area contributed by atoms with Crippen LogP contribution in [0.25, 0.3) is 0 Å². The van der Waals surface area contributed by atoms with Crippen LogP contribution in [0.5, 0.6) is 5.75 Å². The second kappa shape index (κ2) is 10.2. The topological polar surface area (TPSA) is 91.3 Å². The van der Waals surface area contributed by atoms with Crippen LogP contribution in [0.15, 0.2) is 42.7 Å². The van der Waals surface area contributed by atoms with E-state index in [2.05, 4.69) is 14.9 Å². The van der Waals surface area contributed by atoms with Crippen LogP contribution in [0.1, 0.15) is 12.0 Å². The van der Waals surface area contributed by atoms with Gasteiger partial charge in [0.1, 0.15) is 5.75 Å². The van der Waals surface area contributed by atoms with Crippen LogP contribution >= 0.6 is 0 Å². The van der Waals surface area contributed by atoms with Gasteiger partial charge in [0, 0.05) is 45.1 Å². The van der Waals surface area contributed by atoms with Gasteiger partial charge in [0.05, 0.1) is 25.4 Å². The molecule has 2 aromatic rings. The lowest BCUT2D eigenvalue weighted by Gasteiger charge is -2.29. The number of carbonyl (C=O) groups excluding carboxylic acids is 1. The van der Waals surface area contributed by atoms with Gasteiger partial charge in [-0.05, 0) is 37.2 Å². The monoisotopic (exact) mass is 441 g/mol. The lowest BCUT2D eigenvalue weighted by Crippen LogP contribution is -2.43. The van der Waals surface area contributed by atoms with E-state index in [1.807, 2.05) is 36.2 Å². The van der Waals surface area contributed by atoms with Gasteiger partial charge in [-0.25, -0.2) is 9.97 Å². The zero-order valence-corrected chi connectivity index (χ0v) is 18.5. The summed E-state index contributed by atoms with van der Waals surface area (Å²) in [6, 6.07) is 9.54. The number of carbonyl (C=O) groups is 1. The maximum absolute atomic E-state index is 12.2. The summed E-state index contributed by atoms with van der Waals surface area (Å²) in [5, 5.41) is 11.0. The molecule has 0 saturated carbocycles. The number of aliphatic hydroxyl groups is 1. The molecule has 0 aliphatic carbocycles. The smallest absolute Gasteiger partial charge is 0.260 e. The van der Waals surface area contributed by atoms with E-state index >= 15 is 0 Å². The summed E-state index contributed by atoms with van der Waals surface area (Å²) in [6.07, 6.45) is 4.12. The minimum atomic E-state index is -0.795. The second-order valence-electron chi connectivity index (χ2n) is 8.54. The third-order valence-corrected chi connectivity index (χ3v) is 5.83. The average molecular weight is 442 g/mol. The Morgan fingerprint density at radius 3 is 2.62 bits per heavy atom. The molecule has 2 saturated heterocycles. The van der Waals surface area contributed by atoms with Crippen molar-refractivity contribution in [2.45, 2.75) is 18.6 Å². The second-order valence-corrected chi connectivity index (χ2v) is 8.54. The third-order valence-electron chi connectivity index (χ3n) is 5.83. The van der Waals surface area contributed by atoms with Crippen LogP contribution in [0, 0.1) is 0 Å². The molecule has 1 aromatic heterocycles. The zero-order chi connectivity index (χ0) is 22.4. The molecule has 2 aliphatic heterocycles. The van der Waals surface area contributed by atoms with Crippen molar-refractivity contribution < 1.29 is 19.4 Å².